The van der Waals surface area contributed by atoms with E-state index in [-0.39, 0.29) is 18.9 Å². The predicted molar refractivity (Wildman–Crippen MR) is 87.8 cm³/mol. The molecule has 1 amide bonds. The van der Waals surface area contributed by atoms with Crippen molar-refractivity contribution in [2.24, 2.45) is 16.5 Å². The number of nitrogens with two attached hydrogens (primary N) is 2. The van der Waals surface area contributed by atoms with Crippen LogP contribution in [0.4, 0.5) is 0 Å². The average Bonchev–Trinajstić information content (AvgIpc) is 2.37. The zero-order valence-electron chi connectivity index (χ0n) is 14.2. The van der Waals surface area contributed by atoms with Crippen molar-refractivity contribution in [2.45, 2.75) is 64.3 Å². The number of nitrogens with one attached hydrogen (secondary N) is 2. The van der Waals surface area contributed by atoms with Gasteiger partial charge in [-0.15, -0.1) is 0 Å². The molecule has 0 aromatic heterocycles. The van der Waals surface area contributed by atoms with Crippen LogP contribution in [0.15, 0.2) is 4.99 Å². The maximum atomic E-state index is 12.3. The Morgan fingerprint density at radius 1 is 1.26 bits per heavy atom. The number of aliphatic hydroxyl groups is 1. The molecule has 134 valence electrons. The fraction of sp³-hybridized carbons (Fsp3) is 0.786. The topological polar surface area (TPSA) is 163 Å². The number of carbonyl (C=O) groups excluding carboxylic acids is 1. The van der Waals surface area contributed by atoms with Crippen molar-refractivity contribution in [3.05, 3.63) is 0 Å². The van der Waals surface area contributed by atoms with Crippen LogP contribution in [0.5, 0.6) is 0 Å². The molecule has 0 saturated carbocycles. The van der Waals surface area contributed by atoms with Crippen LogP contribution in [0, 0.1) is 0 Å². The average molecular weight is 331 g/mol. The second-order valence-corrected chi connectivity index (χ2v) is 6.46. The Morgan fingerprint density at radius 2 is 1.83 bits per heavy atom. The first-order chi connectivity index (χ1) is 10.4. The number of carboxylic acid groups (broad SMARTS) is 1. The Hall–Kier alpha value is -1.87. The summed E-state index contributed by atoms with van der Waals surface area (Å²) in [5, 5.41) is 24.4. The van der Waals surface area contributed by atoms with E-state index in [1.54, 1.807) is 0 Å². The zero-order chi connectivity index (χ0) is 18.2. The van der Waals surface area contributed by atoms with Crippen molar-refractivity contribution in [1.29, 1.82) is 0 Å². The summed E-state index contributed by atoms with van der Waals surface area (Å²) in [6.07, 6.45) is -0.383. The molecule has 23 heavy (non-hydrogen) atoms. The summed E-state index contributed by atoms with van der Waals surface area (Å²) in [6.45, 7) is 7.29. The van der Waals surface area contributed by atoms with E-state index in [1.807, 2.05) is 20.8 Å². The standard InChI is InChI=1S/C14H29N5O4/c1-8(20)10(19-14(2,3)4)11(21)18-9(12(22)23)6-5-7-17-13(15)16/h8-10,19-20H,5-7H2,1-4H3,(H,18,21)(H,22,23)(H4,15,16,17)/t8-,9+,10+/m1/s1. The Balaban J connectivity index is 4.74. The molecule has 0 aliphatic carbocycles. The first kappa shape index (κ1) is 21.1. The van der Waals surface area contributed by atoms with Crippen molar-refractivity contribution in [1.82, 2.24) is 10.6 Å². The number of carboxylic acids is 1. The Morgan fingerprint density at radius 3 is 2.22 bits per heavy atom. The van der Waals surface area contributed by atoms with Gasteiger partial charge in [-0.1, -0.05) is 0 Å². The number of nitrogens with zero attached hydrogens (tertiary/aromatic N) is 1. The molecule has 9 heteroatoms. The molecule has 0 aliphatic rings. The summed E-state index contributed by atoms with van der Waals surface area (Å²) in [5.74, 6) is -1.78. The van der Waals surface area contributed by atoms with Gasteiger partial charge in [-0.2, -0.15) is 0 Å². The third kappa shape index (κ3) is 9.69. The van der Waals surface area contributed by atoms with Gasteiger partial charge in [0.2, 0.25) is 5.91 Å². The molecule has 0 aromatic carbocycles. The van der Waals surface area contributed by atoms with E-state index >= 15 is 0 Å². The maximum Gasteiger partial charge on any atom is 0.326 e. The number of hydrogen-bond donors (Lipinski definition) is 6. The van der Waals surface area contributed by atoms with Gasteiger partial charge in [-0.05, 0) is 40.5 Å². The lowest BCUT2D eigenvalue weighted by Gasteiger charge is -2.30. The molecular weight excluding hydrogens is 302 g/mol. The molecule has 0 fully saturated rings. The maximum absolute atomic E-state index is 12.3. The third-order valence-corrected chi connectivity index (χ3v) is 2.91. The number of hydrogen-bond acceptors (Lipinski definition) is 5. The van der Waals surface area contributed by atoms with Crippen molar-refractivity contribution in [3.8, 4) is 0 Å². The van der Waals surface area contributed by atoms with Crippen molar-refractivity contribution in [3.63, 3.8) is 0 Å². The van der Waals surface area contributed by atoms with Gasteiger partial charge < -0.3 is 27.0 Å². The fourth-order valence-corrected chi connectivity index (χ4v) is 1.89. The molecular formula is C14H29N5O4. The normalized spacial score (nSPS) is 15.3. The first-order valence-corrected chi connectivity index (χ1v) is 7.48. The van der Waals surface area contributed by atoms with Crippen LogP contribution >= 0.6 is 0 Å². The highest BCUT2D eigenvalue weighted by Crippen LogP contribution is 2.06. The lowest BCUT2D eigenvalue weighted by molar-refractivity contribution is -0.142. The predicted octanol–water partition coefficient (Wildman–Crippen LogP) is -1.25. The third-order valence-electron chi connectivity index (χ3n) is 2.91. The van der Waals surface area contributed by atoms with Crippen molar-refractivity contribution < 1.29 is 19.8 Å². The molecule has 0 radical (unpaired) electrons. The molecule has 0 unspecified atom stereocenters. The van der Waals surface area contributed by atoms with Gasteiger partial charge in [0.25, 0.3) is 0 Å². The second-order valence-electron chi connectivity index (χ2n) is 6.46. The summed E-state index contributed by atoms with van der Waals surface area (Å²) < 4.78 is 0. The van der Waals surface area contributed by atoms with Gasteiger partial charge in [0, 0.05) is 12.1 Å². The van der Waals surface area contributed by atoms with E-state index in [9.17, 15) is 19.8 Å². The van der Waals surface area contributed by atoms with Crippen LogP contribution < -0.4 is 22.1 Å². The van der Waals surface area contributed by atoms with E-state index in [4.69, 9.17) is 11.5 Å². The molecule has 0 bridgehead atoms. The molecule has 0 spiro atoms. The largest absolute Gasteiger partial charge is 0.480 e. The number of guanidine groups is 1. The summed E-state index contributed by atoms with van der Waals surface area (Å²) in [7, 11) is 0. The minimum Gasteiger partial charge on any atom is -0.480 e. The minimum absolute atomic E-state index is 0.0653. The van der Waals surface area contributed by atoms with Crippen molar-refractivity contribution in [2.75, 3.05) is 6.54 Å². The summed E-state index contributed by atoms with van der Waals surface area (Å²) in [6, 6.07) is -1.98. The highest BCUT2D eigenvalue weighted by Gasteiger charge is 2.30. The Bertz CT molecular complexity index is 427. The summed E-state index contributed by atoms with van der Waals surface area (Å²) in [4.78, 5) is 27.3. The molecule has 3 atom stereocenters. The van der Waals surface area contributed by atoms with E-state index < -0.39 is 35.6 Å². The van der Waals surface area contributed by atoms with Crippen LogP contribution in [0.1, 0.15) is 40.5 Å². The molecule has 0 aromatic rings. The van der Waals surface area contributed by atoms with Gasteiger partial charge in [0.15, 0.2) is 5.96 Å². The highest BCUT2D eigenvalue weighted by molar-refractivity contribution is 5.87. The molecule has 8 N–H and O–H groups in total. The molecule has 0 rings (SSSR count). The molecule has 0 saturated heterocycles. The van der Waals surface area contributed by atoms with Gasteiger partial charge in [-0.25, -0.2) is 4.79 Å². The summed E-state index contributed by atoms with van der Waals surface area (Å²) in [5.41, 5.74) is 9.96. The number of aliphatic hydroxyl groups excluding tert-OH is 1. The van der Waals surface area contributed by atoms with Crippen LogP contribution in [0.3, 0.4) is 0 Å². The van der Waals surface area contributed by atoms with E-state index in [0.29, 0.717) is 6.42 Å². The number of aliphatic carboxylic acids is 1. The van der Waals surface area contributed by atoms with Gasteiger partial charge >= 0.3 is 5.97 Å². The SMILES string of the molecule is C[C@@H](O)[C@H](NC(C)(C)C)C(=O)N[C@@H](CCCN=C(N)N)C(=O)O. The number of rotatable bonds is 9. The monoisotopic (exact) mass is 331 g/mol. The lowest BCUT2D eigenvalue weighted by atomic mass is 10.0. The smallest absolute Gasteiger partial charge is 0.326 e. The first-order valence-electron chi connectivity index (χ1n) is 7.48. The van der Waals surface area contributed by atoms with E-state index in [2.05, 4.69) is 15.6 Å². The Labute approximate surface area is 136 Å². The van der Waals surface area contributed by atoms with E-state index in [0.717, 1.165) is 0 Å². The number of aliphatic imine (C=N–C) groups is 1. The summed E-state index contributed by atoms with van der Waals surface area (Å²) >= 11 is 0. The van der Waals surface area contributed by atoms with Crippen molar-refractivity contribution >= 4 is 17.8 Å². The van der Waals surface area contributed by atoms with Crippen LogP contribution in [-0.4, -0.2) is 58.3 Å². The quantitative estimate of drug-likeness (QED) is 0.174. The van der Waals surface area contributed by atoms with Gasteiger partial charge in [0.1, 0.15) is 12.1 Å². The molecule has 0 aliphatic heterocycles. The molecule has 9 nitrogen and oxygen atoms in total. The number of amides is 1. The minimum atomic E-state index is -1.15. The Kier molecular flexibility index (Phi) is 8.55. The highest BCUT2D eigenvalue weighted by atomic mass is 16.4. The second kappa shape index (κ2) is 9.31. The van der Waals surface area contributed by atoms with Crippen LogP contribution in [0.25, 0.3) is 0 Å². The number of carbonyl (C=O) groups is 2. The lowest BCUT2D eigenvalue weighted by Crippen LogP contribution is -2.58. The van der Waals surface area contributed by atoms with Crippen LogP contribution in [-0.2, 0) is 9.59 Å². The fourth-order valence-electron chi connectivity index (χ4n) is 1.89. The van der Waals surface area contributed by atoms with Gasteiger partial charge in [0.05, 0.1) is 6.10 Å². The van der Waals surface area contributed by atoms with E-state index in [1.165, 1.54) is 6.92 Å². The zero-order valence-corrected chi connectivity index (χ0v) is 14.2. The van der Waals surface area contributed by atoms with Crippen LogP contribution in [0.2, 0.25) is 0 Å². The van der Waals surface area contributed by atoms with Gasteiger partial charge in [-0.3, -0.25) is 15.1 Å². The molecule has 0 heterocycles.